The molecule has 0 atom stereocenters. The molecular formula is C16H26N2O2S. The number of carbonyl (C=O) groups excluding carboxylic acids is 1. The summed E-state index contributed by atoms with van der Waals surface area (Å²) in [5.41, 5.74) is 0. The molecule has 118 valence electrons. The molecule has 2 rings (SSSR count). The molecule has 1 aromatic rings. The van der Waals surface area contributed by atoms with Crippen LogP contribution in [0.25, 0.3) is 0 Å². The van der Waals surface area contributed by atoms with Gasteiger partial charge in [0.15, 0.2) is 0 Å². The molecule has 0 spiro atoms. The van der Waals surface area contributed by atoms with Gasteiger partial charge in [0.05, 0.1) is 13.2 Å². The van der Waals surface area contributed by atoms with Crippen LogP contribution < -0.4 is 5.32 Å². The lowest BCUT2D eigenvalue weighted by atomic mass is 9.93. The Balaban J connectivity index is 1.81. The van der Waals surface area contributed by atoms with Gasteiger partial charge in [0.25, 0.3) is 0 Å². The molecule has 0 saturated carbocycles. The summed E-state index contributed by atoms with van der Waals surface area (Å²) in [6.07, 6.45) is 4.10. The number of nitrogens with zero attached hydrogens (tertiary/aromatic N) is 1. The van der Waals surface area contributed by atoms with Crippen LogP contribution in [0.1, 0.15) is 30.6 Å². The van der Waals surface area contributed by atoms with Crippen LogP contribution in [0, 0.1) is 5.92 Å². The number of rotatable bonds is 8. The van der Waals surface area contributed by atoms with Crippen molar-refractivity contribution < 1.29 is 9.53 Å². The Labute approximate surface area is 131 Å². The molecule has 21 heavy (non-hydrogen) atoms. The maximum absolute atomic E-state index is 12.5. The number of methoxy groups -OCH3 is 1. The van der Waals surface area contributed by atoms with Gasteiger partial charge in [-0.05, 0) is 49.7 Å². The van der Waals surface area contributed by atoms with Gasteiger partial charge in [0.1, 0.15) is 0 Å². The van der Waals surface area contributed by atoms with Crippen molar-refractivity contribution in [3.63, 3.8) is 0 Å². The molecule has 1 aliphatic heterocycles. The highest BCUT2D eigenvalue weighted by atomic mass is 32.1. The molecule has 1 aromatic heterocycles. The standard InChI is InChI=1S/C16H26N2O2S/c1-20-11-10-18(13-15-3-2-12-21-15)16(19)5-4-14-6-8-17-9-7-14/h2-3,12,14,17H,4-11,13H2,1H3. The monoisotopic (exact) mass is 310 g/mol. The van der Waals surface area contributed by atoms with Gasteiger partial charge >= 0.3 is 0 Å². The van der Waals surface area contributed by atoms with Crippen molar-refractivity contribution in [2.45, 2.75) is 32.2 Å². The number of carbonyl (C=O) groups is 1. The van der Waals surface area contributed by atoms with Crippen LogP contribution in [-0.2, 0) is 16.1 Å². The van der Waals surface area contributed by atoms with E-state index in [1.54, 1.807) is 18.4 Å². The summed E-state index contributed by atoms with van der Waals surface area (Å²) in [5, 5.41) is 5.43. The molecule has 1 amide bonds. The fourth-order valence-corrected chi connectivity index (χ4v) is 3.46. The number of amides is 1. The van der Waals surface area contributed by atoms with Gasteiger partial charge in [0.2, 0.25) is 5.91 Å². The van der Waals surface area contributed by atoms with Crippen molar-refractivity contribution in [1.82, 2.24) is 10.2 Å². The lowest BCUT2D eigenvalue weighted by Crippen LogP contribution is -2.34. The van der Waals surface area contributed by atoms with Crippen LogP contribution in [-0.4, -0.2) is 44.2 Å². The molecule has 2 heterocycles. The first kappa shape index (κ1) is 16.5. The fraction of sp³-hybridized carbons (Fsp3) is 0.688. The average Bonchev–Trinajstić information content (AvgIpc) is 3.03. The van der Waals surface area contributed by atoms with Crippen LogP contribution >= 0.6 is 11.3 Å². The SMILES string of the molecule is COCCN(Cc1cccs1)C(=O)CCC1CCNCC1. The number of ether oxygens (including phenoxy) is 1. The maximum Gasteiger partial charge on any atom is 0.222 e. The number of nitrogens with one attached hydrogen (secondary N) is 1. The molecule has 0 bridgehead atoms. The van der Waals surface area contributed by atoms with Gasteiger partial charge in [-0.2, -0.15) is 0 Å². The molecule has 1 aliphatic rings. The van der Waals surface area contributed by atoms with Crippen LogP contribution in [0.15, 0.2) is 17.5 Å². The highest BCUT2D eigenvalue weighted by Gasteiger charge is 2.18. The van der Waals surface area contributed by atoms with E-state index in [0.29, 0.717) is 32.0 Å². The van der Waals surface area contributed by atoms with E-state index in [1.807, 2.05) is 11.0 Å². The average molecular weight is 310 g/mol. The topological polar surface area (TPSA) is 41.6 Å². The first-order valence-corrected chi connectivity index (χ1v) is 8.67. The van der Waals surface area contributed by atoms with Gasteiger partial charge in [-0.3, -0.25) is 4.79 Å². The van der Waals surface area contributed by atoms with E-state index in [1.165, 1.54) is 17.7 Å². The van der Waals surface area contributed by atoms with Crippen molar-refractivity contribution in [1.29, 1.82) is 0 Å². The largest absolute Gasteiger partial charge is 0.383 e. The number of hydrogen-bond donors (Lipinski definition) is 1. The Morgan fingerprint density at radius 3 is 2.95 bits per heavy atom. The van der Waals surface area contributed by atoms with Gasteiger partial charge in [-0.25, -0.2) is 0 Å². The number of thiophene rings is 1. The van der Waals surface area contributed by atoms with Crippen molar-refractivity contribution in [3.05, 3.63) is 22.4 Å². The third kappa shape index (κ3) is 5.77. The molecule has 0 aliphatic carbocycles. The maximum atomic E-state index is 12.5. The summed E-state index contributed by atoms with van der Waals surface area (Å²) in [4.78, 5) is 15.7. The van der Waals surface area contributed by atoms with E-state index in [-0.39, 0.29) is 5.91 Å². The van der Waals surface area contributed by atoms with Crippen molar-refractivity contribution in [2.24, 2.45) is 5.92 Å². The summed E-state index contributed by atoms with van der Waals surface area (Å²) >= 11 is 1.71. The van der Waals surface area contributed by atoms with E-state index in [9.17, 15) is 4.79 Å². The fourth-order valence-electron chi connectivity index (χ4n) is 2.74. The molecule has 1 saturated heterocycles. The Hall–Kier alpha value is -0.910. The smallest absolute Gasteiger partial charge is 0.222 e. The third-order valence-corrected chi connectivity index (χ3v) is 4.93. The number of hydrogen-bond acceptors (Lipinski definition) is 4. The van der Waals surface area contributed by atoms with Crippen LogP contribution in [0.3, 0.4) is 0 Å². The molecule has 5 heteroatoms. The molecule has 0 radical (unpaired) electrons. The van der Waals surface area contributed by atoms with E-state index in [0.717, 1.165) is 19.5 Å². The predicted molar refractivity (Wildman–Crippen MR) is 86.4 cm³/mol. The summed E-state index contributed by atoms with van der Waals surface area (Å²) in [5.74, 6) is 0.972. The van der Waals surface area contributed by atoms with Crippen LogP contribution in [0.2, 0.25) is 0 Å². The van der Waals surface area contributed by atoms with E-state index in [2.05, 4.69) is 16.8 Å². The zero-order chi connectivity index (χ0) is 14.9. The second-order valence-electron chi connectivity index (χ2n) is 5.62. The Kier molecular flexibility index (Phi) is 7.19. The van der Waals surface area contributed by atoms with Crippen LogP contribution in [0.4, 0.5) is 0 Å². The highest BCUT2D eigenvalue weighted by molar-refractivity contribution is 7.09. The first-order chi connectivity index (χ1) is 10.3. The molecular weight excluding hydrogens is 284 g/mol. The first-order valence-electron chi connectivity index (χ1n) is 7.79. The van der Waals surface area contributed by atoms with Gasteiger partial charge < -0.3 is 15.0 Å². The van der Waals surface area contributed by atoms with E-state index in [4.69, 9.17) is 4.74 Å². The zero-order valence-electron chi connectivity index (χ0n) is 12.8. The summed E-state index contributed by atoms with van der Waals surface area (Å²) in [6.45, 7) is 4.19. The third-order valence-electron chi connectivity index (χ3n) is 4.07. The lowest BCUT2D eigenvalue weighted by molar-refractivity contribution is -0.132. The minimum absolute atomic E-state index is 0.263. The molecule has 1 fully saturated rings. The summed E-state index contributed by atoms with van der Waals surface area (Å²) in [6, 6.07) is 4.12. The van der Waals surface area contributed by atoms with Gasteiger partial charge in [-0.1, -0.05) is 6.07 Å². The van der Waals surface area contributed by atoms with Crippen LogP contribution in [0.5, 0.6) is 0 Å². The normalized spacial score (nSPS) is 16.0. The Morgan fingerprint density at radius 1 is 1.48 bits per heavy atom. The van der Waals surface area contributed by atoms with E-state index >= 15 is 0 Å². The minimum Gasteiger partial charge on any atom is -0.383 e. The predicted octanol–water partition coefficient (Wildman–Crippen LogP) is 2.50. The molecule has 0 aromatic carbocycles. The molecule has 4 nitrogen and oxygen atoms in total. The second kappa shape index (κ2) is 9.18. The van der Waals surface area contributed by atoms with Gasteiger partial charge in [0, 0.05) is 25.0 Å². The zero-order valence-corrected chi connectivity index (χ0v) is 13.7. The minimum atomic E-state index is 0.263. The highest BCUT2D eigenvalue weighted by Crippen LogP contribution is 2.19. The Bertz CT molecular complexity index is 402. The van der Waals surface area contributed by atoms with Crippen molar-refractivity contribution >= 4 is 17.2 Å². The van der Waals surface area contributed by atoms with E-state index < -0.39 is 0 Å². The summed E-state index contributed by atoms with van der Waals surface area (Å²) in [7, 11) is 1.68. The second-order valence-corrected chi connectivity index (χ2v) is 6.65. The van der Waals surface area contributed by atoms with Gasteiger partial charge in [-0.15, -0.1) is 11.3 Å². The molecule has 1 N–H and O–H groups in total. The summed E-state index contributed by atoms with van der Waals surface area (Å²) < 4.78 is 5.14. The quantitative estimate of drug-likeness (QED) is 0.802. The Morgan fingerprint density at radius 2 is 2.29 bits per heavy atom. The number of piperidine rings is 1. The lowest BCUT2D eigenvalue weighted by Gasteiger charge is -2.25. The van der Waals surface area contributed by atoms with Crippen molar-refractivity contribution in [3.8, 4) is 0 Å². The van der Waals surface area contributed by atoms with Crippen molar-refractivity contribution in [2.75, 3.05) is 33.4 Å². The molecule has 0 unspecified atom stereocenters.